The second kappa shape index (κ2) is 12.1. The molecule has 0 unspecified atom stereocenters. The molecule has 0 saturated carbocycles. The van der Waals surface area contributed by atoms with Gasteiger partial charge in [0.2, 0.25) is 0 Å². The normalized spacial score (nSPS) is 10.9. The number of amides is 2. The number of rotatable bonds is 8. The molecular weight excluding hydrogens is 493 g/mol. The number of halogens is 2. The first-order valence-electron chi connectivity index (χ1n) is 10.4. The molecule has 0 aromatic heterocycles. The van der Waals surface area contributed by atoms with Gasteiger partial charge in [0.05, 0.1) is 25.6 Å². The third kappa shape index (κ3) is 7.11. The van der Waals surface area contributed by atoms with Gasteiger partial charge < -0.3 is 19.5 Å². The van der Waals surface area contributed by atoms with E-state index in [2.05, 4.69) is 15.8 Å². The van der Waals surface area contributed by atoms with Gasteiger partial charge in [0, 0.05) is 15.6 Å². The summed E-state index contributed by atoms with van der Waals surface area (Å²) in [5.41, 5.74) is 4.57. The fraction of sp³-hybridized carbons (Fsp3) is 0.160. The second-order valence-corrected chi connectivity index (χ2v) is 8.09. The topological polar surface area (TPSA) is 98.2 Å². The van der Waals surface area contributed by atoms with E-state index in [-0.39, 0.29) is 5.69 Å². The zero-order chi connectivity index (χ0) is 25.4. The Morgan fingerprint density at radius 1 is 0.829 bits per heavy atom. The van der Waals surface area contributed by atoms with Crippen LogP contribution in [0, 0.1) is 0 Å². The van der Waals surface area contributed by atoms with E-state index in [1.807, 2.05) is 12.1 Å². The summed E-state index contributed by atoms with van der Waals surface area (Å²) in [6, 6.07) is 17.2. The molecule has 0 aliphatic heterocycles. The van der Waals surface area contributed by atoms with E-state index in [4.69, 9.17) is 37.4 Å². The Kier molecular flexibility index (Phi) is 8.94. The van der Waals surface area contributed by atoms with E-state index in [1.54, 1.807) is 49.4 Å². The fourth-order valence-electron chi connectivity index (χ4n) is 2.96. The summed E-state index contributed by atoms with van der Waals surface area (Å²) < 4.78 is 16.4. The van der Waals surface area contributed by atoms with Crippen LogP contribution in [0.4, 0.5) is 5.69 Å². The van der Waals surface area contributed by atoms with Gasteiger partial charge in [0.15, 0.2) is 11.5 Å². The average Bonchev–Trinajstić information content (AvgIpc) is 2.86. The molecule has 0 heterocycles. The Morgan fingerprint density at radius 2 is 1.49 bits per heavy atom. The molecule has 0 fully saturated rings. The molecule has 182 valence electrons. The van der Waals surface area contributed by atoms with E-state index in [0.29, 0.717) is 45.2 Å². The summed E-state index contributed by atoms with van der Waals surface area (Å²) in [4.78, 5) is 24.5. The lowest BCUT2D eigenvalue weighted by molar-refractivity contribution is -0.136. The molecule has 0 atom stereocenters. The van der Waals surface area contributed by atoms with E-state index in [9.17, 15) is 9.59 Å². The maximum Gasteiger partial charge on any atom is 0.329 e. The van der Waals surface area contributed by atoms with Crippen LogP contribution in [-0.2, 0) is 16.2 Å². The molecule has 0 bridgehead atoms. The largest absolute Gasteiger partial charge is 0.495 e. The summed E-state index contributed by atoms with van der Waals surface area (Å²) in [6.45, 7) is 2.02. The molecular formula is C25H23Cl2N3O5. The van der Waals surface area contributed by atoms with Crippen LogP contribution >= 0.6 is 23.2 Å². The maximum absolute atomic E-state index is 12.3. The molecule has 0 spiro atoms. The van der Waals surface area contributed by atoms with Gasteiger partial charge in [-0.15, -0.1) is 0 Å². The number of nitrogens with one attached hydrogen (secondary N) is 2. The van der Waals surface area contributed by atoms with Gasteiger partial charge in [-0.2, -0.15) is 5.10 Å². The average molecular weight is 516 g/mol. The highest BCUT2D eigenvalue weighted by Crippen LogP contribution is 2.29. The van der Waals surface area contributed by atoms with Crippen LogP contribution in [-0.4, -0.2) is 31.7 Å². The highest BCUT2D eigenvalue weighted by atomic mass is 35.5. The molecule has 10 heteroatoms. The van der Waals surface area contributed by atoms with Crippen molar-refractivity contribution in [2.24, 2.45) is 5.10 Å². The first-order chi connectivity index (χ1) is 16.8. The van der Waals surface area contributed by atoms with Crippen LogP contribution in [0.25, 0.3) is 0 Å². The second-order valence-electron chi connectivity index (χ2n) is 7.22. The standard InChI is InChI=1S/C25H23Cl2N3O5/c1-15(29-30-25(32)24(31)28-20-13-19(27)9-11-21(20)33-2)17-6-10-22(23(12-17)34-3)35-14-16-4-7-18(26)8-5-16/h4-13H,14H2,1-3H3,(H,28,31)(H,30,32). The first kappa shape index (κ1) is 25.9. The van der Waals surface area contributed by atoms with Crippen LogP contribution < -0.4 is 25.0 Å². The molecule has 8 nitrogen and oxygen atoms in total. The monoisotopic (exact) mass is 515 g/mol. The number of benzene rings is 3. The Labute approximate surface area is 212 Å². The summed E-state index contributed by atoms with van der Waals surface area (Å²) in [5.74, 6) is -0.492. The highest BCUT2D eigenvalue weighted by molar-refractivity contribution is 6.40. The molecule has 3 aromatic rings. The fourth-order valence-corrected chi connectivity index (χ4v) is 3.26. The Bertz CT molecular complexity index is 1250. The van der Waals surface area contributed by atoms with Gasteiger partial charge in [-0.3, -0.25) is 9.59 Å². The highest BCUT2D eigenvalue weighted by Gasteiger charge is 2.16. The molecule has 0 aliphatic rings. The minimum absolute atomic E-state index is 0.264. The van der Waals surface area contributed by atoms with Crippen LogP contribution in [0.15, 0.2) is 65.8 Å². The third-order valence-electron chi connectivity index (χ3n) is 4.83. The van der Waals surface area contributed by atoms with Crippen molar-refractivity contribution in [2.45, 2.75) is 13.5 Å². The Morgan fingerprint density at radius 3 is 2.17 bits per heavy atom. The zero-order valence-electron chi connectivity index (χ0n) is 19.2. The van der Waals surface area contributed by atoms with Crippen molar-refractivity contribution >= 4 is 46.4 Å². The number of hydrazone groups is 1. The van der Waals surface area contributed by atoms with Gasteiger partial charge in [-0.1, -0.05) is 35.3 Å². The predicted molar refractivity (Wildman–Crippen MR) is 136 cm³/mol. The molecule has 3 rings (SSSR count). The number of ether oxygens (including phenoxy) is 3. The van der Waals surface area contributed by atoms with Gasteiger partial charge >= 0.3 is 11.8 Å². The summed E-state index contributed by atoms with van der Waals surface area (Å²) >= 11 is 11.9. The van der Waals surface area contributed by atoms with E-state index in [0.717, 1.165) is 5.56 Å². The SMILES string of the molecule is COc1ccc(Cl)cc1NC(=O)C(=O)NN=C(C)c1ccc(OCc2ccc(Cl)cc2)c(OC)c1. The van der Waals surface area contributed by atoms with Crippen LogP contribution in [0.3, 0.4) is 0 Å². The van der Waals surface area contributed by atoms with Crippen LogP contribution in [0.5, 0.6) is 17.2 Å². The summed E-state index contributed by atoms with van der Waals surface area (Å²) in [7, 11) is 2.96. The van der Waals surface area contributed by atoms with Crippen molar-refractivity contribution < 1.29 is 23.8 Å². The molecule has 3 aromatic carbocycles. The van der Waals surface area contributed by atoms with Gasteiger partial charge in [-0.05, 0) is 61.0 Å². The number of nitrogens with zero attached hydrogens (tertiary/aromatic N) is 1. The van der Waals surface area contributed by atoms with Gasteiger partial charge in [0.1, 0.15) is 12.4 Å². The predicted octanol–water partition coefficient (Wildman–Crippen LogP) is 5.07. The van der Waals surface area contributed by atoms with Crippen LogP contribution in [0.2, 0.25) is 10.0 Å². The van der Waals surface area contributed by atoms with Crippen LogP contribution in [0.1, 0.15) is 18.1 Å². The lowest BCUT2D eigenvalue weighted by Crippen LogP contribution is -2.33. The number of carbonyl (C=O) groups excluding carboxylic acids is 2. The van der Waals surface area contributed by atoms with E-state index >= 15 is 0 Å². The zero-order valence-corrected chi connectivity index (χ0v) is 20.7. The minimum Gasteiger partial charge on any atom is -0.495 e. The lowest BCUT2D eigenvalue weighted by atomic mass is 10.1. The Hall–Kier alpha value is -3.75. The number of hydrogen-bond donors (Lipinski definition) is 2. The molecule has 2 N–H and O–H groups in total. The number of hydrogen-bond acceptors (Lipinski definition) is 6. The minimum atomic E-state index is -0.957. The molecule has 35 heavy (non-hydrogen) atoms. The molecule has 0 aliphatic carbocycles. The van der Waals surface area contributed by atoms with Crippen molar-refractivity contribution in [1.29, 1.82) is 0 Å². The number of carbonyl (C=O) groups is 2. The van der Waals surface area contributed by atoms with E-state index < -0.39 is 11.8 Å². The smallest absolute Gasteiger partial charge is 0.329 e. The maximum atomic E-state index is 12.3. The third-order valence-corrected chi connectivity index (χ3v) is 5.32. The van der Waals surface area contributed by atoms with E-state index in [1.165, 1.54) is 20.3 Å². The lowest BCUT2D eigenvalue weighted by Gasteiger charge is -2.12. The summed E-state index contributed by atoms with van der Waals surface area (Å²) in [5, 5.41) is 7.49. The van der Waals surface area contributed by atoms with Crippen molar-refractivity contribution in [3.63, 3.8) is 0 Å². The number of methoxy groups -OCH3 is 2. The number of anilines is 1. The van der Waals surface area contributed by atoms with Gasteiger partial charge in [0.25, 0.3) is 0 Å². The van der Waals surface area contributed by atoms with Crippen molar-refractivity contribution in [3.8, 4) is 17.2 Å². The first-order valence-corrected chi connectivity index (χ1v) is 11.1. The molecule has 0 saturated heterocycles. The molecule has 2 amide bonds. The van der Waals surface area contributed by atoms with Crippen molar-refractivity contribution in [3.05, 3.63) is 81.8 Å². The molecule has 0 radical (unpaired) electrons. The van der Waals surface area contributed by atoms with Crippen molar-refractivity contribution in [1.82, 2.24) is 5.43 Å². The van der Waals surface area contributed by atoms with Gasteiger partial charge in [-0.25, -0.2) is 5.43 Å². The Balaban J connectivity index is 1.64. The quantitative estimate of drug-likeness (QED) is 0.248. The summed E-state index contributed by atoms with van der Waals surface area (Å²) in [6.07, 6.45) is 0. The van der Waals surface area contributed by atoms with Crippen molar-refractivity contribution in [2.75, 3.05) is 19.5 Å².